The van der Waals surface area contributed by atoms with E-state index in [1.54, 1.807) is 12.1 Å². The van der Waals surface area contributed by atoms with Crippen molar-refractivity contribution in [3.8, 4) is 5.75 Å². The number of carbonyl (C=O) groups excluding carboxylic acids is 1. The van der Waals surface area contributed by atoms with Gasteiger partial charge >= 0.3 is 5.97 Å². The van der Waals surface area contributed by atoms with Crippen LogP contribution in [0.1, 0.15) is 12.0 Å². The third-order valence-electron chi connectivity index (χ3n) is 1.94. The van der Waals surface area contributed by atoms with E-state index in [-0.39, 0.29) is 24.0 Å². The van der Waals surface area contributed by atoms with Crippen molar-refractivity contribution in [2.45, 2.75) is 6.42 Å². The molecule has 0 fully saturated rings. The number of hydrogen-bond acceptors (Lipinski definition) is 4. The molecule has 16 heavy (non-hydrogen) atoms. The summed E-state index contributed by atoms with van der Waals surface area (Å²) in [5.74, 6) is 0.270. The van der Waals surface area contributed by atoms with E-state index in [9.17, 15) is 4.79 Å². The summed E-state index contributed by atoms with van der Waals surface area (Å²) in [5, 5.41) is 0. The minimum Gasteiger partial charge on any atom is -0.492 e. The van der Waals surface area contributed by atoms with Gasteiger partial charge in [-0.25, -0.2) is 0 Å². The minimum atomic E-state index is -0.312. The predicted molar refractivity (Wildman–Crippen MR) is 64.5 cm³/mol. The highest BCUT2D eigenvalue weighted by atomic mass is 32.1. The van der Waals surface area contributed by atoms with Crippen LogP contribution in [0.4, 0.5) is 0 Å². The van der Waals surface area contributed by atoms with Gasteiger partial charge in [0.1, 0.15) is 10.7 Å². The number of carbonyl (C=O) groups is 1. The lowest BCUT2D eigenvalue weighted by atomic mass is 10.2. The van der Waals surface area contributed by atoms with Gasteiger partial charge in [0, 0.05) is 0 Å². The van der Waals surface area contributed by atoms with Gasteiger partial charge in [0.05, 0.1) is 25.7 Å². The second-order valence-corrected chi connectivity index (χ2v) is 3.47. The molecule has 4 nitrogen and oxygen atoms in total. The molecule has 5 heteroatoms. The smallest absolute Gasteiger partial charge is 0.308 e. The first-order valence-corrected chi connectivity index (χ1v) is 5.14. The van der Waals surface area contributed by atoms with Crippen LogP contribution in [-0.2, 0) is 9.53 Å². The van der Waals surface area contributed by atoms with Crippen LogP contribution in [0, 0.1) is 0 Å². The molecule has 0 unspecified atom stereocenters. The molecule has 1 aromatic carbocycles. The number of hydrogen-bond donors (Lipinski definition) is 1. The highest BCUT2D eigenvalue weighted by Gasteiger charge is 2.06. The first-order valence-electron chi connectivity index (χ1n) is 4.73. The fourth-order valence-corrected chi connectivity index (χ4v) is 1.31. The average Bonchev–Trinajstić information content (AvgIpc) is 2.29. The molecular weight excluding hydrogens is 226 g/mol. The van der Waals surface area contributed by atoms with E-state index in [1.165, 1.54) is 7.11 Å². The maximum absolute atomic E-state index is 10.9. The highest BCUT2D eigenvalue weighted by molar-refractivity contribution is 7.80. The van der Waals surface area contributed by atoms with Crippen LogP contribution in [0.3, 0.4) is 0 Å². The Morgan fingerprint density at radius 2 is 2.12 bits per heavy atom. The number of nitrogens with two attached hydrogens (primary N) is 1. The fraction of sp³-hybridized carbons (Fsp3) is 0.273. The largest absolute Gasteiger partial charge is 0.492 e. The zero-order valence-electron chi connectivity index (χ0n) is 8.93. The van der Waals surface area contributed by atoms with Crippen molar-refractivity contribution < 1.29 is 14.3 Å². The molecule has 0 atom stereocenters. The second kappa shape index (κ2) is 6.07. The average molecular weight is 239 g/mol. The molecule has 1 rings (SSSR count). The summed E-state index contributed by atoms with van der Waals surface area (Å²) < 4.78 is 9.90. The molecule has 0 saturated heterocycles. The van der Waals surface area contributed by atoms with Gasteiger partial charge in [0.2, 0.25) is 0 Å². The number of ether oxygens (including phenoxy) is 2. The molecule has 0 aromatic heterocycles. The Morgan fingerprint density at radius 1 is 1.44 bits per heavy atom. The molecule has 0 heterocycles. The van der Waals surface area contributed by atoms with Gasteiger partial charge in [-0.05, 0) is 12.1 Å². The Morgan fingerprint density at radius 3 is 2.75 bits per heavy atom. The van der Waals surface area contributed by atoms with E-state index in [1.807, 2.05) is 12.1 Å². The molecule has 0 aliphatic carbocycles. The van der Waals surface area contributed by atoms with Gasteiger partial charge < -0.3 is 15.2 Å². The molecule has 2 N–H and O–H groups in total. The van der Waals surface area contributed by atoms with Crippen molar-refractivity contribution in [2.75, 3.05) is 13.7 Å². The van der Waals surface area contributed by atoms with Crippen molar-refractivity contribution in [3.05, 3.63) is 29.8 Å². The summed E-state index contributed by atoms with van der Waals surface area (Å²) >= 11 is 4.88. The Balaban J connectivity index is 2.60. The second-order valence-electron chi connectivity index (χ2n) is 3.04. The van der Waals surface area contributed by atoms with Gasteiger partial charge in [-0.1, -0.05) is 24.4 Å². The van der Waals surface area contributed by atoms with E-state index < -0.39 is 0 Å². The van der Waals surface area contributed by atoms with Gasteiger partial charge in [-0.3, -0.25) is 4.79 Å². The highest BCUT2D eigenvalue weighted by Crippen LogP contribution is 2.17. The summed E-state index contributed by atoms with van der Waals surface area (Å²) in [5.41, 5.74) is 6.20. The summed E-state index contributed by atoms with van der Waals surface area (Å²) in [6.07, 6.45) is 0.197. The number of esters is 1. The molecule has 86 valence electrons. The monoisotopic (exact) mass is 239 g/mol. The summed E-state index contributed by atoms with van der Waals surface area (Å²) in [6, 6.07) is 7.17. The number of benzene rings is 1. The van der Waals surface area contributed by atoms with E-state index in [4.69, 9.17) is 22.7 Å². The molecule has 0 saturated carbocycles. The molecule has 0 amide bonds. The van der Waals surface area contributed by atoms with Gasteiger partial charge in [0.25, 0.3) is 0 Å². The predicted octanol–water partition coefficient (Wildman–Crippen LogP) is 1.26. The molecule has 0 radical (unpaired) electrons. The Kier molecular flexibility index (Phi) is 4.72. The van der Waals surface area contributed by atoms with Gasteiger partial charge in [0.15, 0.2) is 0 Å². The van der Waals surface area contributed by atoms with Crippen LogP contribution >= 0.6 is 12.2 Å². The number of para-hydroxylation sites is 1. The lowest BCUT2D eigenvalue weighted by Crippen LogP contribution is -2.13. The topological polar surface area (TPSA) is 61.5 Å². The molecule has 0 spiro atoms. The molecule has 1 aromatic rings. The number of methoxy groups -OCH3 is 1. The molecule has 0 aliphatic rings. The van der Waals surface area contributed by atoms with Crippen molar-refractivity contribution in [3.63, 3.8) is 0 Å². The van der Waals surface area contributed by atoms with E-state index in [2.05, 4.69) is 4.74 Å². The van der Waals surface area contributed by atoms with Crippen LogP contribution in [-0.4, -0.2) is 24.7 Å². The van der Waals surface area contributed by atoms with Crippen molar-refractivity contribution >= 4 is 23.2 Å². The van der Waals surface area contributed by atoms with Crippen molar-refractivity contribution in [2.24, 2.45) is 5.73 Å². The van der Waals surface area contributed by atoms with Crippen LogP contribution in [0.25, 0.3) is 0 Å². The first kappa shape index (κ1) is 12.4. The zero-order valence-corrected chi connectivity index (χ0v) is 9.75. The summed E-state index contributed by atoms with van der Waals surface area (Å²) in [4.78, 5) is 11.1. The number of thiocarbonyl (C=S) groups is 1. The van der Waals surface area contributed by atoms with E-state index in [0.29, 0.717) is 11.3 Å². The lowest BCUT2D eigenvalue weighted by molar-refractivity contribution is -0.141. The van der Waals surface area contributed by atoms with Crippen LogP contribution in [0.2, 0.25) is 0 Å². The third-order valence-corrected chi connectivity index (χ3v) is 2.16. The maximum Gasteiger partial charge on any atom is 0.308 e. The van der Waals surface area contributed by atoms with Crippen molar-refractivity contribution in [1.29, 1.82) is 0 Å². The minimum absolute atomic E-state index is 0.197. The van der Waals surface area contributed by atoms with E-state index in [0.717, 1.165) is 0 Å². The number of rotatable bonds is 5. The maximum atomic E-state index is 10.9. The zero-order chi connectivity index (χ0) is 12.0. The first-order chi connectivity index (χ1) is 7.65. The molecular formula is C11H13NO3S. The van der Waals surface area contributed by atoms with Crippen molar-refractivity contribution in [1.82, 2.24) is 0 Å². The van der Waals surface area contributed by atoms with E-state index >= 15 is 0 Å². The van der Waals surface area contributed by atoms with Gasteiger partial charge in [-0.15, -0.1) is 0 Å². The van der Waals surface area contributed by atoms with Gasteiger partial charge in [-0.2, -0.15) is 0 Å². The van der Waals surface area contributed by atoms with Crippen LogP contribution < -0.4 is 10.5 Å². The molecule has 0 aliphatic heterocycles. The quantitative estimate of drug-likeness (QED) is 0.619. The lowest BCUT2D eigenvalue weighted by Gasteiger charge is -2.09. The Hall–Kier alpha value is -1.62. The standard InChI is InChI=1S/C11H13NO3S/c1-14-10(13)6-7-15-9-5-3-2-4-8(9)11(12)16/h2-5H,6-7H2,1H3,(H2,12,16). The third kappa shape index (κ3) is 3.51. The summed E-state index contributed by atoms with van der Waals surface area (Å²) in [6.45, 7) is 0.242. The Labute approximate surface area is 99.3 Å². The van der Waals surface area contributed by atoms with Crippen LogP contribution in [0.5, 0.6) is 5.75 Å². The fourth-order valence-electron chi connectivity index (χ4n) is 1.14. The van der Waals surface area contributed by atoms with Crippen LogP contribution in [0.15, 0.2) is 24.3 Å². The normalized spacial score (nSPS) is 9.56. The molecule has 0 bridgehead atoms. The Bertz CT molecular complexity index is 393. The summed E-state index contributed by atoms with van der Waals surface area (Å²) in [7, 11) is 1.34. The SMILES string of the molecule is COC(=O)CCOc1ccccc1C(N)=S.